The Kier molecular flexibility index (Phi) is 3.60. The lowest BCUT2D eigenvalue weighted by Gasteiger charge is -2.28. The van der Waals surface area contributed by atoms with Crippen molar-refractivity contribution in [3.05, 3.63) is 47.9 Å². The van der Waals surface area contributed by atoms with Crippen molar-refractivity contribution in [3.63, 3.8) is 0 Å². The molecule has 0 fully saturated rings. The maximum Gasteiger partial charge on any atom is 0.254 e. The molecule has 0 radical (unpaired) electrons. The summed E-state index contributed by atoms with van der Waals surface area (Å²) in [6.45, 7) is 2.03. The van der Waals surface area contributed by atoms with Crippen LogP contribution in [0.4, 0.5) is 5.82 Å². The van der Waals surface area contributed by atoms with E-state index in [1.165, 1.54) is 6.33 Å². The molecular weight excluding hydrogens is 304 g/mol. The molecule has 4 rings (SSSR count). The molecule has 0 saturated carbocycles. The second kappa shape index (κ2) is 5.92. The van der Waals surface area contributed by atoms with Crippen molar-refractivity contribution in [1.82, 2.24) is 24.6 Å². The molecule has 0 spiro atoms. The van der Waals surface area contributed by atoms with E-state index in [9.17, 15) is 4.79 Å². The van der Waals surface area contributed by atoms with Gasteiger partial charge in [0.15, 0.2) is 5.65 Å². The number of amides is 1. The van der Waals surface area contributed by atoms with Crippen LogP contribution in [0.15, 0.2) is 36.8 Å². The molecule has 0 unspecified atom stereocenters. The van der Waals surface area contributed by atoms with E-state index < -0.39 is 0 Å². The van der Waals surface area contributed by atoms with E-state index in [1.54, 1.807) is 10.9 Å². The van der Waals surface area contributed by atoms with Crippen LogP contribution in [-0.4, -0.2) is 50.2 Å². The van der Waals surface area contributed by atoms with Gasteiger partial charge in [-0.15, -0.1) is 0 Å². The zero-order valence-electron chi connectivity index (χ0n) is 13.4. The van der Waals surface area contributed by atoms with Crippen molar-refractivity contribution in [1.29, 1.82) is 0 Å². The van der Waals surface area contributed by atoms with E-state index in [0.717, 1.165) is 40.9 Å². The number of nitrogens with one attached hydrogen (secondary N) is 1. The lowest BCUT2D eigenvalue weighted by Crippen LogP contribution is -2.40. The lowest BCUT2D eigenvalue weighted by molar-refractivity contribution is 0.0746. The molecule has 1 aliphatic heterocycles. The fraction of sp³-hybridized carbons (Fsp3) is 0.294. The van der Waals surface area contributed by atoms with Gasteiger partial charge in [0.1, 0.15) is 12.1 Å². The molecule has 1 aliphatic rings. The van der Waals surface area contributed by atoms with Gasteiger partial charge in [0.25, 0.3) is 5.91 Å². The Morgan fingerprint density at radius 1 is 1.25 bits per heavy atom. The quantitative estimate of drug-likeness (QED) is 0.787. The molecule has 1 amide bonds. The normalized spacial score (nSPS) is 14.0. The molecule has 3 aromatic rings. The van der Waals surface area contributed by atoms with Gasteiger partial charge in [0.2, 0.25) is 0 Å². The van der Waals surface area contributed by atoms with Gasteiger partial charge in [-0.25, -0.2) is 9.97 Å². The Morgan fingerprint density at radius 2 is 2.12 bits per heavy atom. The molecule has 0 saturated heterocycles. The first kappa shape index (κ1) is 14.6. The van der Waals surface area contributed by atoms with Crippen molar-refractivity contribution in [3.8, 4) is 0 Å². The van der Waals surface area contributed by atoms with Gasteiger partial charge in [-0.3, -0.25) is 9.48 Å². The van der Waals surface area contributed by atoms with Gasteiger partial charge in [0.05, 0.1) is 11.6 Å². The minimum absolute atomic E-state index is 0.105. The first-order valence-corrected chi connectivity index (χ1v) is 7.98. The summed E-state index contributed by atoms with van der Waals surface area (Å²) < 4.78 is 1.72. The summed E-state index contributed by atoms with van der Waals surface area (Å²) in [6, 6.07) is 7.83. The zero-order valence-corrected chi connectivity index (χ0v) is 13.4. The highest BCUT2D eigenvalue weighted by Gasteiger charge is 2.23. The Morgan fingerprint density at radius 3 is 3.04 bits per heavy atom. The molecule has 3 heterocycles. The number of rotatable bonds is 4. The van der Waals surface area contributed by atoms with Crippen LogP contribution in [0, 0.1) is 0 Å². The third-order valence-electron chi connectivity index (χ3n) is 4.39. The number of aromatic nitrogens is 4. The molecule has 0 aliphatic carbocycles. The van der Waals surface area contributed by atoms with Gasteiger partial charge >= 0.3 is 0 Å². The molecule has 24 heavy (non-hydrogen) atoms. The standard InChI is InChI=1S/C17H18N6O/c1-22-16-14(10-21-22)15(19-11-20-16)18-7-9-23-8-6-12-4-2-3-5-13(12)17(23)24/h2-5,10-11H,6-9H2,1H3,(H,18,19,20). The number of hydrogen-bond acceptors (Lipinski definition) is 5. The van der Waals surface area contributed by atoms with E-state index in [2.05, 4.69) is 20.4 Å². The fourth-order valence-electron chi connectivity index (χ4n) is 3.10. The highest BCUT2D eigenvalue weighted by molar-refractivity contribution is 5.96. The van der Waals surface area contributed by atoms with E-state index in [4.69, 9.17) is 0 Å². The zero-order chi connectivity index (χ0) is 16.5. The summed E-state index contributed by atoms with van der Waals surface area (Å²) in [5, 5.41) is 8.38. The molecule has 2 aromatic heterocycles. The predicted molar refractivity (Wildman–Crippen MR) is 90.8 cm³/mol. The number of carbonyl (C=O) groups excluding carboxylic acids is 1. The van der Waals surface area contributed by atoms with Crippen LogP contribution in [0.25, 0.3) is 11.0 Å². The smallest absolute Gasteiger partial charge is 0.254 e. The van der Waals surface area contributed by atoms with Crippen molar-refractivity contribution < 1.29 is 4.79 Å². The molecule has 1 N–H and O–H groups in total. The Hall–Kier alpha value is -2.96. The van der Waals surface area contributed by atoms with Crippen molar-refractivity contribution >= 4 is 22.8 Å². The Labute approximate surface area is 139 Å². The monoisotopic (exact) mass is 322 g/mol. The maximum absolute atomic E-state index is 12.5. The van der Waals surface area contributed by atoms with Crippen LogP contribution < -0.4 is 5.32 Å². The molecule has 0 atom stereocenters. The van der Waals surface area contributed by atoms with Crippen LogP contribution in [-0.2, 0) is 13.5 Å². The number of carbonyl (C=O) groups is 1. The van der Waals surface area contributed by atoms with E-state index >= 15 is 0 Å². The Balaban J connectivity index is 1.44. The summed E-state index contributed by atoms with van der Waals surface area (Å²) in [5.41, 5.74) is 2.75. The summed E-state index contributed by atoms with van der Waals surface area (Å²) in [6.07, 6.45) is 4.18. The van der Waals surface area contributed by atoms with Gasteiger partial charge in [-0.1, -0.05) is 18.2 Å². The van der Waals surface area contributed by atoms with Crippen LogP contribution >= 0.6 is 0 Å². The van der Waals surface area contributed by atoms with Crippen molar-refractivity contribution in [2.24, 2.45) is 7.05 Å². The third-order valence-corrected chi connectivity index (χ3v) is 4.39. The van der Waals surface area contributed by atoms with Crippen LogP contribution in [0.3, 0.4) is 0 Å². The third kappa shape index (κ3) is 2.47. The second-order valence-corrected chi connectivity index (χ2v) is 5.85. The number of benzene rings is 1. The van der Waals surface area contributed by atoms with Gasteiger partial charge < -0.3 is 10.2 Å². The van der Waals surface area contributed by atoms with E-state index in [-0.39, 0.29) is 5.91 Å². The molecule has 7 nitrogen and oxygen atoms in total. The number of anilines is 1. The van der Waals surface area contributed by atoms with Gasteiger partial charge in [-0.2, -0.15) is 5.10 Å². The van der Waals surface area contributed by atoms with E-state index in [0.29, 0.717) is 13.1 Å². The van der Waals surface area contributed by atoms with Crippen molar-refractivity contribution in [2.75, 3.05) is 25.0 Å². The first-order chi connectivity index (χ1) is 11.7. The molecule has 7 heteroatoms. The number of fused-ring (bicyclic) bond motifs is 2. The number of hydrogen-bond donors (Lipinski definition) is 1. The topological polar surface area (TPSA) is 75.9 Å². The fourth-order valence-corrected chi connectivity index (χ4v) is 3.10. The summed E-state index contributed by atoms with van der Waals surface area (Å²) in [4.78, 5) is 22.9. The van der Waals surface area contributed by atoms with E-state index in [1.807, 2.05) is 36.2 Å². The van der Waals surface area contributed by atoms with Gasteiger partial charge in [0, 0.05) is 32.2 Å². The van der Waals surface area contributed by atoms with Gasteiger partial charge in [-0.05, 0) is 18.1 Å². The molecule has 0 bridgehead atoms. The van der Waals surface area contributed by atoms with Crippen molar-refractivity contribution in [2.45, 2.75) is 6.42 Å². The van der Waals surface area contributed by atoms with Crippen LogP contribution in [0.5, 0.6) is 0 Å². The average molecular weight is 322 g/mol. The predicted octanol–water partition coefficient (Wildman–Crippen LogP) is 1.47. The molecular formula is C17H18N6O. The number of aryl methyl sites for hydroxylation is 1. The second-order valence-electron chi connectivity index (χ2n) is 5.85. The highest BCUT2D eigenvalue weighted by atomic mass is 16.2. The minimum atomic E-state index is 0.105. The molecule has 122 valence electrons. The minimum Gasteiger partial charge on any atom is -0.368 e. The van der Waals surface area contributed by atoms with Crippen LogP contribution in [0.1, 0.15) is 15.9 Å². The summed E-state index contributed by atoms with van der Waals surface area (Å²) in [5.74, 6) is 0.853. The number of nitrogens with zero attached hydrogens (tertiary/aromatic N) is 5. The summed E-state index contributed by atoms with van der Waals surface area (Å²) >= 11 is 0. The van der Waals surface area contributed by atoms with Crippen LogP contribution in [0.2, 0.25) is 0 Å². The highest BCUT2D eigenvalue weighted by Crippen LogP contribution is 2.19. The largest absolute Gasteiger partial charge is 0.368 e. The SMILES string of the molecule is Cn1ncc2c(NCCN3CCc4ccccc4C3=O)ncnc21. The Bertz CT molecular complexity index is 903. The lowest BCUT2D eigenvalue weighted by atomic mass is 9.99. The maximum atomic E-state index is 12.5. The molecule has 1 aromatic carbocycles. The summed E-state index contributed by atoms with van der Waals surface area (Å²) in [7, 11) is 1.85. The average Bonchev–Trinajstić information content (AvgIpc) is 2.99. The first-order valence-electron chi connectivity index (χ1n) is 7.98.